The summed E-state index contributed by atoms with van der Waals surface area (Å²) in [6, 6.07) is 16.5. The van der Waals surface area contributed by atoms with Crippen LogP contribution < -0.4 is 10.6 Å². The number of aryl methyl sites for hydroxylation is 1. The zero-order chi connectivity index (χ0) is 17.8. The van der Waals surface area contributed by atoms with Crippen LogP contribution in [0, 0.1) is 6.92 Å². The van der Waals surface area contributed by atoms with Gasteiger partial charge in [0.2, 0.25) is 5.95 Å². The topological polar surface area (TPSA) is 66.9 Å². The highest BCUT2D eigenvalue weighted by atomic mass is 35.5. The highest BCUT2D eigenvalue weighted by molar-refractivity contribution is 6.30. The number of nitrogens with one attached hydrogen (secondary N) is 2. The summed E-state index contributed by atoms with van der Waals surface area (Å²) in [5.74, 6) is 1.14. The third kappa shape index (κ3) is 4.55. The minimum absolute atomic E-state index is 0.0129. The predicted octanol–water partition coefficient (Wildman–Crippen LogP) is 5.13. The maximum Gasteiger partial charge on any atom is 0.229 e. The molecule has 3 aromatic rings. The average molecular weight is 353 g/mol. The molecule has 0 aliphatic carbocycles. The van der Waals surface area contributed by atoms with Crippen LogP contribution in [0.5, 0.6) is 0 Å². The standard InChI is InChI=1S/C19H17ClN4O/c1-12-10-18(22-16-8-6-15(20)7-9-16)24-19(21-12)23-17-5-3-4-14(11-17)13(2)25/h3-11H,1-2H3,(H2,21,22,23,24). The van der Waals surface area contributed by atoms with E-state index in [0.29, 0.717) is 22.4 Å². The Morgan fingerprint density at radius 2 is 1.72 bits per heavy atom. The van der Waals surface area contributed by atoms with Crippen LogP contribution in [0.1, 0.15) is 23.0 Å². The third-order valence-electron chi connectivity index (χ3n) is 3.50. The first-order valence-corrected chi connectivity index (χ1v) is 8.14. The monoisotopic (exact) mass is 352 g/mol. The number of hydrogen-bond donors (Lipinski definition) is 2. The van der Waals surface area contributed by atoms with Crippen molar-refractivity contribution >= 4 is 40.5 Å². The van der Waals surface area contributed by atoms with Gasteiger partial charge in [0, 0.05) is 33.7 Å². The molecule has 0 bridgehead atoms. The van der Waals surface area contributed by atoms with Crippen molar-refractivity contribution in [3.05, 3.63) is 70.9 Å². The van der Waals surface area contributed by atoms with Crippen LogP contribution in [0.3, 0.4) is 0 Å². The maximum absolute atomic E-state index is 11.5. The molecule has 0 aliphatic rings. The molecule has 1 aromatic heterocycles. The van der Waals surface area contributed by atoms with Crippen molar-refractivity contribution in [1.29, 1.82) is 0 Å². The highest BCUT2D eigenvalue weighted by Gasteiger charge is 2.05. The van der Waals surface area contributed by atoms with Crippen LogP contribution in [0.4, 0.5) is 23.1 Å². The Morgan fingerprint density at radius 3 is 2.44 bits per heavy atom. The second-order valence-corrected chi connectivity index (χ2v) is 6.05. The Balaban J connectivity index is 1.83. The quantitative estimate of drug-likeness (QED) is 0.623. The van der Waals surface area contributed by atoms with Gasteiger partial charge in [-0.2, -0.15) is 4.98 Å². The van der Waals surface area contributed by atoms with E-state index in [2.05, 4.69) is 20.6 Å². The molecule has 0 unspecified atom stereocenters. The summed E-state index contributed by atoms with van der Waals surface area (Å²) in [4.78, 5) is 20.4. The molecule has 0 amide bonds. The lowest BCUT2D eigenvalue weighted by Crippen LogP contribution is -2.03. The van der Waals surface area contributed by atoms with E-state index in [1.54, 1.807) is 12.1 Å². The third-order valence-corrected chi connectivity index (χ3v) is 3.75. The van der Waals surface area contributed by atoms with Crippen LogP contribution in [-0.2, 0) is 0 Å². The lowest BCUT2D eigenvalue weighted by Gasteiger charge is -2.10. The van der Waals surface area contributed by atoms with E-state index >= 15 is 0 Å². The fourth-order valence-corrected chi connectivity index (χ4v) is 2.44. The Bertz CT molecular complexity index is 910. The van der Waals surface area contributed by atoms with E-state index in [1.165, 1.54) is 6.92 Å². The number of nitrogens with zero attached hydrogens (tertiary/aromatic N) is 2. The average Bonchev–Trinajstić information content (AvgIpc) is 2.57. The Labute approximate surface area is 151 Å². The molecule has 0 spiro atoms. The molecule has 6 heteroatoms. The van der Waals surface area contributed by atoms with Crippen LogP contribution in [-0.4, -0.2) is 15.8 Å². The molecule has 0 saturated heterocycles. The normalized spacial score (nSPS) is 10.4. The molecule has 0 aliphatic heterocycles. The van der Waals surface area contributed by atoms with Gasteiger partial charge in [-0.05, 0) is 50.2 Å². The number of aromatic nitrogens is 2. The molecule has 0 fully saturated rings. The van der Waals surface area contributed by atoms with Gasteiger partial charge >= 0.3 is 0 Å². The van der Waals surface area contributed by atoms with Gasteiger partial charge < -0.3 is 10.6 Å². The second-order valence-electron chi connectivity index (χ2n) is 5.61. The number of rotatable bonds is 5. The van der Waals surface area contributed by atoms with E-state index in [-0.39, 0.29) is 5.78 Å². The number of Topliss-reactive ketones (excluding diaryl/α,β-unsaturated/α-hetero) is 1. The molecule has 1 heterocycles. The summed E-state index contributed by atoms with van der Waals surface area (Å²) in [5, 5.41) is 7.04. The first-order chi connectivity index (χ1) is 12.0. The van der Waals surface area contributed by atoms with Crippen molar-refractivity contribution in [3.8, 4) is 0 Å². The Kier molecular flexibility index (Phi) is 4.95. The molecular weight excluding hydrogens is 336 g/mol. The van der Waals surface area contributed by atoms with Crippen LogP contribution in [0.15, 0.2) is 54.6 Å². The maximum atomic E-state index is 11.5. The summed E-state index contributed by atoms with van der Waals surface area (Å²) in [5.41, 5.74) is 3.09. The fourth-order valence-electron chi connectivity index (χ4n) is 2.31. The Morgan fingerprint density at radius 1 is 0.960 bits per heavy atom. The van der Waals surface area contributed by atoms with E-state index in [0.717, 1.165) is 17.1 Å². The SMILES string of the molecule is CC(=O)c1cccc(Nc2nc(C)cc(Nc3ccc(Cl)cc3)n2)c1. The minimum Gasteiger partial charge on any atom is -0.340 e. The first kappa shape index (κ1) is 16.9. The zero-order valence-electron chi connectivity index (χ0n) is 13.9. The lowest BCUT2D eigenvalue weighted by atomic mass is 10.1. The number of benzene rings is 2. The number of carbonyl (C=O) groups excluding carboxylic acids is 1. The van der Waals surface area contributed by atoms with Crippen molar-refractivity contribution in [3.63, 3.8) is 0 Å². The van der Waals surface area contributed by atoms with Crippen molar-refractivity contribution in [1.82, 2.24) is 9.97 Å². The molecule has 3 rings (SSSR count). The fraction of sp³-hybridized carbons (Fsp3) is 0.105. The van der Waals surface area contributed by atoms with Gasteiger partial charge in [-0.3, -0.25) is 4.79 Å². The molecule has 0 radical (unpaired) electrons. The van der Waals surface area contributed by atoms with E-state index in [1.807, 2.05) is 49.4 Å². The van der Waals surface area contributed by atoms with Gasteiger partial charge in [-0.1, -0.05) is 23.7 Å². The molecule has 126 valence electrons. The summed E-state index contributed by atoms with van der Waals surface area (Å²) in [6.07, 6.45) is 0. The molecular formula is C19H17ClN4O. The number of anilines is 4. The van der Waals surface area contributed by atoms with Gasteiger partial charge in [0.05, 0.1) is 0 Å². The number of hydrogen-bond acceptors (Lipinski definition) is 5. The van der Waals surface area contributed by atoms with Gasteiger partial charge in [0.15, 0.2) is 5.78 Å². The summed E-state index contributed by atoms with van der Waals surface area (Å²) >= 11 is 5.90. The lowest BCUT2D eigenvalue weighted by molar-refractivity contribution is 0.101. The minimum atomic E-state index is 0.0129. The van der Waals surface area contributed by atoms with Crippen molar-refractivity contribution in [2.45, 2.75) is 13.8 Å². The number of ketones is 1. The molecule has 0 saturated carbocycles. The summed E-state index contributed by atoms with van der Waals surface area (Å²) in [6.45, 7) is 3.43. The second kappa shape index (κ2) is 7.32. The molecule has 5 nitrogen and oxygen atoms in total. The van der Waals surface area contributed by atoms with E-state index in [4.69, 9.17) is 11.6 Å². The highest BCUT2D eigenvalue weighted by Crippen LogP contribution is 2.21. The number of carbonyl (C=O) groups is 1. The summed E-state index contributed by atoms with van der Waals surface area (Å²) < 4.78 is 0. The van der Waals surface area contributed by atoms with Gasteiger partial charge in [-0.25, -0.2) is 4.98 Å². The zero-order valence-corrected chi connectivity index (χ0v) is 14.6. The molecule has 25 heavy (non-hydrogen) atoms. The molecule has 2 aromatic carbocycles. The van der Waals surface area contributed by atoms with Gasteiger partial charge in [-0.15, -0.1) is 0 Å². The smallest absolute Gasteiger partial charge is 0.229 e. The largest absolute Gasteiger partial charge is 0.340 e. The van der Waals surface area contributed by atoms with Crippen LogP contribution in [0.25, 0.3) is 0 Å². The predicted molar refractivity (Wildman–Crippen MR) is 101 cm³/mol. The van der Waals surface area contributed by atoms with Gasteiger partial charge in [0.25, 0.3) is 0 Å². The number of halogens is 1. The van der Waals surface area contributed by atoms with Crippen LogP contribution in [0.2, 0.25) is 5.02 Å². The Hall–Kier alpha value is -2.92. The van der Waals surface area contributed by atoms with E-state index < -0.39 is 0 Å². The molecule has 0 atom stereocenters. The summed E-state index contributed by atoms with van der Waals surface area (Å²) in [7, 11) is 0. The van der Waals surface area contributed by atoms with Crippen molar-refractivity contribution in [2.24, 2.45) is 0 Å². The van der Waals surface area contributed by atoms with Crippen LogP contribution >= 0.6 is 11.6 Å². The van der Waals surface area contributed by atoms with E-state index in [9.17, 15) is 4.79 Å². The van der Waals surface area contributed by atoms with Crippen molar-refractivity contribution < 1.29 is 4.79 Å². The van der Waals surface area contributed by atoms with Gasteiger partial charge in [0.1, 0.15) is 5.82 Å². The van der Waals surface area contributed by atoms with Crippen molar-refractivity contribution in [2.75, 3.05) is 10.6 Å². The molecule has 2 N–H and O–H groups in total. The first-order valence-electron chi connectivity index (χ1n) is 7.76.